The van der Waals surface area contributed by atoms with Gasteiger partial charge in [0.1, 0.15) is 18.1 Å². The number of hydrogen-bond acceptors (Lipinski definition) is 4. The monoisotopic (exact) mass is 303 g/mol. The number of methoxy groups -OCH3 is 1. The number of benzene rings is 2. The molecular formula is C16H17NO3S. The number of para-hydroxylation sites is 1. The summed E-state index contributed by atoms with van der Waals surface area (Å²) in [5.74, 6) is 0.797. The van der Waals surface area contributed by atoms with Gasteiger partial charge in [0.05, 0.1) is 12.7 Å². The van der Waals surface area contributed by atoms with Crippen LogP contribution in [0.5, 0.6) is 11.5 Å². The van der Waals surface area contributed by atoms with Gasteiger partial charge >= 0.3 is 0 Å². The highest BCUT2D eigenvalue weighted by Gasteiger charge is 2.09. The first kappa shape index (κ1) is 15.3. The van der Waals surface area contributed by atoms with Crippen LogP contribution in [0.2, 0.25) is 0 Å². The van der Waals surface area contributed by atoms with Gasteiger partial charge in [-0.25, -0.2) is 0 Å². The zero-order valence-electron chi connectivity index (χ0n) is 12.0. The lowest BCUT2D eigenvalue weighted by molar-refractivity contribution is 0.0996. The summed E-state index contributed by atoms with van der Waals surface area (Å²) in [5.41, 5.74) is 6.67. The summed E-state index contributed by atoms with van der Waals surface area (Å²) in [6, 6.07) is 12.8. The molecule has 0 saturated heterocycles. The summed E-state index contributed by atoms with van der Waals surface area (Å²) in [6.07, 6.45) is 2.00. The van der Waals surface area contributed by atoms with E-state index in [0.29, 0.717) is 17.9 Å². The molecule has 0 bridgehead atoms. The van der Waals surface area contributed by atoms with Crippen LogP contribution in [-0.4, -0.2) is 19.3 Å². The zero-order chi connectivity index (χ0) is 15.2. The highest BCUT2D eigenvalue weighted by atomic mass is 32.2. The first-order valence-electron chi connectivity index (χ1n) is 6.38. The Balaban J connectivity index is 2.15. The van der Waals surface area contributed by atoms with Gasteiger partial charge in [-0.2, -0.15) is 0 Å². The predicted molar refractivity (Wildman–Crippen MR) is 84.1 cm³/mol. The standard InChI is InChI=1S/C16H17NO3S/c1-19-14-9-11(7-8-15(14)21-2)10-20-13-6-4-3-5-12(13)16(17)18/h3-9H,10H2,1-2H3,(H2,17,18). The summed E-state index contributed by atoms with van der Waals surface area (Å²) in [6.45, 7) is 0.343. The molecule has 2 N–H and O–H groups in total. The van der Waals surface area contributed by atoms with Crippen LogP contribution >= 0.6 is 11.8 Å². The van der Waals surface area contributed by atoms with E-state index in [9.17, 15) is 4.79 Å². The van der Waals surface area contributed by atoms with E-state index in [1.165, 1.54) is 0 Å². The van der Waals surface area contributed by atoms with Gasteiger partial charge in [0.15, 0.2) is 0 Å². The lowest BCUT2D eigenvalue weighted by atomic mass is 10.2. The average molecular weight is 303 g/mol. The third-order valence-electron chi connectivity index (χ3n) is 2.99. The minimum absolute atomic E-state index is 0.343. The van der Waals surface area contributed by atoms with Gasteiger partial charge in [-0.1, -0.05) is 18.2 Å². The number of thioether (sulfide) groups is 1. The zero-order valence-corrected chi connectivity index (χ0v) is 12.8. The third kappa shape index (κ3) is 3.70. The molecule has 0 heterocycles. The second-order valence-electron chi connectivity index (χ2n) is 4.34. The maximum Gasteiger partial charge on any atom is 0.252 e. The lowest BCUT2D eigenvalue weighted by Crippen LogP contribution is -2.12. The molecule has 0 fully saturated rings. The topological polar surface area (TPSA) is 61.6 Å². The van der Waals surface area contributed by atoms with Gasteiger partial charge in [0, 0.05) is 4.90 Å². The van der Waals surface area contributed by atoms with Crippen LogP contribution in [0, 0.1) is 0 Å². The number of primary amides is 1. The molecule has 0 aliphatic heterocycles. The van der Waals surface area contributed by atoms with Crippen LogP contribution in [0.25, 0.3) is 0 Å². The minimum atomic E-state index is -0.499. The molecule has 0 radical (unpaired) electrons. The molecule has 2 aromatic carbocycles. The quantitative estimate of drug-likeness (QED) is 0.833. The average Bonchev–Trinajstić information content (AvgIpc) is 2.52. The second kappa shape index (κ2) is 7.04. The second-order valence-corrected chi connectivity index (χ2v) is 5.19. The molecule has 0 saturated carbocycles. The van der Waals surface area contributed by atoms with Crippen molar-refractivity contribution in [2.45, 2.75) is 11.5 Å². The summed E-state index contributed by atoms with van der Waals surface area (Å²) in [7, 11) is 1.64. The van der Waals surface area contributed by atoms with Gasteiger partial charge in [-0.15, -0.1) is 11.8 Å². The number of hydrogen-bond donors (Lipinski definition) is 1. The molecular weight excluding hydrogens is 286 g/mol. The Hall–Kier alpha value is -2.14. The van der Waals surface area contributed by atoms with Crippen molar-refractivity contribution in [3.8, 4) is 11.5 Å². The molecule has 2 rings (SSSR count). The van der Waals surface area contributed by atoms with E-state index >= 15 is 0 Å². The van der Waals surface area contributed by atoms with E-state index in [1.54, 1.807) is 43.1 Å². The minimum Gasteiger partial charge on any atom is -0.496 e. The van der Waals surface area contributed by atoms with Crippen molar-refractivity contribution in [1.29, 1.82) is 0 Å². The van der Waals surface area contributed by atoms with E-state index < -0.39 is 5.91 Å². The van der Waals surface area contributed by atoms with E-state index in [-0.39, 0.29) is 0 Å². The highest BCUT2D eigenvalue weighted by molar-refractivity contribution is 7.98. The molecule has 110 valence electrons. The number of rotatable bonds is 6. The number of carbonyl (C=O) groups is 1. The third-order valence-corrected chi connectivity index (χ3v) is 3.77. The highest BCUT2D eigenvalue weighted by Crippen LogP contribution is 2.29. The smallest absolute Gasteiger partial charge is 0.252 e. The van der Waals surface area contributed by atoms with Gasteiger partial charge in [0.2, 0.25) is 0 Å². The molecule has 5 heteroatoms. The Bertz CT molecular complexity index is 643. The molecule has 0 unspecified atom stereocenters. The van der Waals surface area contributed by atoms with Gasteiger partial charge in [-0.05, 0) is 36.1 Å². The molecule has 0 aliphatic rings. The van der Waals surface area contributed by atoms with Gasteiger partial charge < -0.3 is 15.2 Å². The Morgan fingerprint density at radius 2 is 1.95 bits per heavy atom. The van der Waals surface area contributed by atoms with E-state index in [0.717, 1.165) is 16.2 Å². The summed E-state index contributed by atoms with van der Waals surface area (Å²) in [4.78, 5) is 12.4. The summed E-state index contributed by atoms with van der Waals surface area (Å²) in [5, 5.41) is 0. The molecule has 0 spiro atoms. The van der Waals surface area contributed by atoms with Crippen LogP contribution in [0.3, 0.4) is 0 Å². The molecule has 0 atom stereocenters. The predicted octanol–water partition coefficient (Wildman–Crippen LogP) is 3.10. The van der Waals surface area contributed by atoms with Gasteiger partial charge in [-0.3, -0.25) is 4.79 Å². The molecule has 4 nitrogen and oxygen atoms in total. The largest absolute Gasteiger partial charge is 0.496 e. The van der Waals surface area contributed by atoms with Crippen molar-refractivity contribution in [1.82, 2.24) is 0 Å². The fraction of sp³-hybridized carbons (Fsp3) is 0.188. The van der Waals surface area contributed by atoms with Crippen molar-refractivity contribution < 1.29 is 14.3 Å². The molecule has 21 heavy (non-hydrogen) atoms. The van der Waals surface area contributed by atoms with Crippen LogP contribution in [-0.2, 0) is 6.61 Å². The van der Waals surface area contributed by atoms with E-state index in [4.69, 9.17) is 15.2 Å². The maximum atomic E-state index is 11.3. The first-order valence-corrected chi connectivity index (χ1v) is 7.60. The van der Waals surface area contributed by atoms with Crippen LogP contribution in [0.15, 0.2) is 47.4 Å². The van der Waals surface area contributed by atoms with Crippen molar-refractivity contribution in [2.24, 2.45) is 5.73 Å². The number of carbonyl (C=O) groups excluding carboxylic acids is 1. The number of amides is 1. The van der Waals surface area contributed by atoms with Crippen LogP contribution < -0.4 is 15.2 Å². The Labute approximate surface area is 128 Å². The number of ether oxygens (including phenoxy) is 2. The summed E-state index contributed by atoms with van der Waals surface area (Å²) < 4.78 is 11.0. The van der Waals surface area contributed by atoms with E-state index in [1.807, 2.05) is 24.5 Å². The Morgan fingerprint density at radius 1 is 1.19 bits per heavy atom. The van der Waals surface area contributed by atoms with E-state index in [2.05, 4.69) is 0 Å². The van der Waals surface area contributed by atoms with Crippen LogP contribution in [0.4, 0.5) is 0 Å². The maximum absolute atomic E-state index is 11.3. The summed E-state index contributed by atoms with van der Waals surface area (Å²) >= 11 is 1.62. The lowest BCUT2D eigenvalue weighted by Gasteiger charge is -2.11. The SMILES string of the molecule is COc1cc(COc2ccccc2C(N)=O)ccc1SC. The normalized spacial score (nSPS) is 10.2. The Kier molecular flexibility index (Phi) is 5.11. The number of nitrogens with two attached hydrogens (primary N) is 1. The van der Waals surface area contributed by atoms with Gasteiger partial charge in [0.25, 0.3) is 5.91 Å². The molecule has 0 aliphatic carbocycles. The van der Waals surface area contributed by atoms with Crippen molar-refractivity contribution in [3.63, 3.8) is 0 Å². The Morgan fingerprint density at radius 3 is 2.62 bits per heavy atom. The first-order chi connectivity index (χ1) is 10.2. The van der Waals surface area contributed by atoms with Crippen molar-refractivity contribution >= 4 is 17.7 Å². The fourth-order valence-electron chi connectivity index (χ4n) is 1.93. The molecule has 2 aromatic rings. The molecule has 1 amide bonds. The fourth-order valence-corrected chi connectivity index (χ4v) is 2.48. The van der Waals surface area contributed by atoms with Crippen molar-refractivity contribution in [3.05, 3.63) is 53.6 Å². The molecule has 0 aromatic heterocycles. The van der Waals surface area contributed by atoms with Crippen molar-refractivity contribution in [2.75, 3.05) is 13.4 Å². The van der Waals surface area contributed by atoms with Crippen LogP contribution in [0.1, 0.15) is 15.9 Å².